The van der Waals surface area contributed by atoms with Crippen LogP contribution in [0.15, 0.2) is 24.3 Å². The van der Waals surface area contributed by atoms with E-state index in [0.717, 1.165) is 28.5 Å². The van der Waals surface area contributed by atoms with E-state index >= 15 is 0 Å². The Kier molecular flexibility index (Phi) is 4.40. The minimum absolute atomic E-state index is 0.129. The molecule has 1 aliphatic rings. The molecule has 1 aromatic carbocycles. The van der Waals surface area contributed by atoms with Crippen LogP contribution >= 0.6 is 22.6 Å². The maximum Gasteiger partial charge on any atom is 0.176 e. The van der Waals surface area contributed by atoms with E-state index in [1.807, 2.05) is 36.1 Å². The number of β-amino-alcohol motifs (C(OH)–C–C–N with tert-alkyl or cyclic N) is 1. The van der Waals surface area contributed by atoms with Gasteiger partial charge in [-0.05, 0) is 61.0 Å². The normalized spacial score (nSPS) is 25.1. The van der Waals surface area contributed by atoms with Gasteiger partial charge in [0.1, 0.15) is 0 Å². The van der Waals surface area contributed by atoms with Crippen molar-refractivity contribution in [3.05, 3.63) is 33.4 Å². The number of hydrogen-bond acceptors (Lipinski definition) is 3. The fourth-order valence-electron chi connectivity index (χ4n) is 2.39. The van der Waals surface area contributed by atoms with Gasteiger partial charge in [-0.3, -0.25) is 9.69 Å². The molecule has 1 fully saturated rings. The van der Waals surface area contributed by atoms with Gasteiger partial charge in [-0.25, -0.2) is 0 Å². The highest BCUT2D eigenvalue weighted by molar-refractivity contribution is 14.1. The molecule has 4 heteroatoms. The Bertz CT molecular complexity index is 428. The lowest BCUT2D eigenvalue weighted by atomic mass is 9.95. The fraction of sp³-hybridized carbons (Fsp3) is 0.500. The SMILES string of the molecule is CC1(O)CCCN(CC(=O)c2ccc(I)cc2)C1. The number of benzene rings is 1. The second-order valence-electron chi connectivity index (χ2n) is 5.24. The lowest BCUT2D eigenvalue weighted by Gasteiger charge is -2.36. The molecule has 1 aliphatic heterocycles. The zero-order valence-electron chi connectivity index (χ0n) is 10.5. The molecule has 1 N–H and O–H groups in total. The van der Waals surface area contributed by atoms with E-state index in [9.17, 15) is 9.90 Å². The van der Waals surface area contributed by atoms with Crippen LogP contribution in [0.4, 0.5) is 0 Å². The highest BCUT2D eigenvalue weighted by Gasteiger charge is 2.29. The van der Waals surface area contributed by atoms with E-state index < -0.39 is 5.60 Å². The summed E-state index contributed by atoms with van der Waals surface area (Å²) in [5.74, 6) is 0.129. The largest absolute Gasteiger partial charge is 0.389 e. The van der Waals surface area contributed by atoms with Crippen molar-refractivity contribution in [1.29, 1.82) is 0 Å². The molecule has 0 amide bonds. The predicted molar refractivity (Wildman–Crippen MR) is 79.8 cm³/mol. The van der Waals surface area contributed by atoms with E-state index in [-0.39, 0.29) is 5.78 Å². The Balaban J connectivity index is 1.97. The van der Waals surface area contributed by atoms with Crippen molar-refractivity contribution in [2.75, 3.05) is 19.6 Å². The topological polar surface area (TPSA) is 40.5 Å². The summed E-state index contributed by atoms with van der Waals surface area (Å²) in [7, 11) is 0. The van der Waals surface area contributed by atoms with Gasteiger partial charge in [-0.15, -0.1) is 0 Å². The minimum Gasteiger partial charge on any atom is -0.389 e. The molecule has 0 radical (unpaired) electrons. The van der Waals surface area contributed by atoms with Gasteiger partial charge in [-0.2, -0.15) is 0 Å². The standard InChI is InChI=1S/C14H18INO2/c1-14(18)7-2-8-16(10-14)9-13(17)11-3-5-12(15)6-4-11/h3-6,18H,2,7-10H2,1H3. The number of nitrogens with zero attached hydrogens (tertiary/aromatic N) is 1. The molecule has 18 heavy (non-hydrogen) atoms. The number of aliphatic hydroxyl groups is 1. The molecular weight excluding hydrogens is 341 g/mol. The van der Waals surface area contributed by atoms with Crippen LogP contribution in [-0.2, 0) is 0 Å². The minimum atomic E-state index is -0.648. The number of likely N-dealkylation sites (tertiary alicyclic amines) is 1. The van der Waals surface area contributed by atoms with Gasteiger partial charge in [0.15, 0.2) is 5.78 Å². The first-order valence-electron chi connectivity index (χ1n) is 6.20. The van der Waals surface area contributed by atoms with Gasteiger partial charge in [0.25, 0.3) is 0 Å². The summed E-state index contributed by atoms with van der Waals surface area (Å²) >= 11 is 2.22. The lowest BCUT2D eigenvalue weighted by molar-refractivity contribution is -0.0132. The molecule has 0 aromatic heterocycles. The van der Waals surface area contributed by atoms with Crippen LogP contribution in [0, 0.1) is 3.57 Å². The fourth-order valence-corrected chi connectivity index (χ4v) is 2.75. The molecular formula is C14H18INO2. The summed E-state index contributed by atoms with van der Waals surface area (Å²) in [6.07, 6.45) is 1.77. The molecule has 1 heterocycles. The van der Waals surface area contributed by atoms with Crippen molar-refractivity contribution >= 4 is 28.4 Å². The van der Waals surface area contributed by atoms with E-state index in [1.165, 1.54) is 0 Å². The summed E-state index contributed by atoms with van der Waals surface area (Å²) in [6.45, 7) is 3.72. The Morgan fingerprint density at radius 1 is 1.44 bits per heavy atom. The molecule has 2 rings (SSSR count). The second kappa shape index (κ2) is 5.67. The van der Waals surface area contributed by atoms with Crippen LogP contribution < -0.4 is 0 Å². The number of hydrogen-bond donors (Lipinski definition) is 1. The summed E-state index contributed by atoms with van der Waals surface area (Å²) in [4.78, 5) is 14.2. The molecule has 0 saturated carbocycles. The highest BCUT2D eigenvalue weighted by Crippen LogP contribution is 2.20. The van der Waals surface area contributed by atoms with Crippen molar-refractivity contribution in [3.8, 4) is 0 Å². The summed E-state index contributed by atoms with van der Waals surface area (Å²) < 4.78 is 1.13. The summed E-state index contributed by atoms with van der Waals surface area (Å²) in [6, 6.07) is 7.62. The Morgan fingerprint density at radius 2 is 2.11 bits per heavy atom. The smallest absolute Gasteiger partial charge is 0.176 e. The first-order chi connectivity index (χ1) is 8.46. The molecule has 0 aliphatic carbocycles. The molecule has 0 bridgehead atoms. The quantitative estimate of drug-likeness (QED) is 0.665. The molecule has 1 unspecified atom stereocenters. The number of rotatable bonds is 3. The number of ketones is 1. The third kappa shape index (κ3) is 3.76. The van der Waals surface area contributed by atoms with Crippen molar-refractivity contribution in [2.24, 2.45) is 0 Å². The van der Waals surface area contributed by atoms with Gasteiger partial charge in [0, 0.05) is 15.7 Å². The number of piperidine rings is 1. The Morgan fingerprint density at radius 3 is 2.72 bits per heavy atom. The van der Waals surface area contributed by atoms with Crippen molar-refractivity contribution in [3.63, 3.8) is 0 Å². The molecule has 1 aromatic rings. The molecule has 3 nitrogen and oxygen atoms in total. The van der Waals surface area contributed by atoms with Crippen LogP contribution in [-0.4, -0.2) is 41.0 Å². The molecule has 1 saturated heterocycles. The predicted octanol–water partition coefficient (Wildman–Crippen LogP) is 2.32. The van der Waals surface area contributed by atoms with E-state index in [0.29, 0.717) is 13.1 Å². The van der Waals surface area contributed by atoms with E-state index in [4.69, 9.17) is 0 Å². The van der Waals surface area contributed by atoms with Gasteiger partial charge < -0.3 is 5.11 Å². The van der Waals surface area contributed by atoms with Gasteiger partial charge >= 0.3 is 0 Å². The average Bonchev–Trinajstić information content (AvgIpc) is 2.28. The number of halogens is 1. The first-order valence-corrected chi connectivity index (χ1v) is 7.28. The number of carbonyl (C=O) groups excluding carboxylic acids is 1. The summed E-state index contributed by atoms with van der Waals surface area (Å²) in [5, 5.41) is 10.0. The van der Waals surface area contributed by atoms with Crippen molar-refractivity contribution in [2.45, 2.75) is 25.4 Å². The first kappa shape index (κ1) is 14.0. The van der Waals surface area contributed by atoms with E-state index in [2.05, 4.69) is 22.6 Å². The van der Waals surface area contributed by atoms with Crippen LogP contribution in [0.1, 0.15) is 30.1 Å². The molecule has 98 valence electrons. The number of carbonyl (C=O) groups is 1. The Labute approximate surface area is 121 Å². The van der Waals surface area contributed by atoms with Crippen LogP contribution in [0.3, 0.4) is 0 Å². The monoisotopic (exact) mass is 359 g/mol. The second-order valence-corrected chi connectivity index (χ2v) is 6.49. The van der Waals surface area contributed by atoms with Crippen LogP contribution in [0.5, 0.6) is 0 Å². The third-order valence-corrected chi connectivity index (χ3v) is 4.01. The van der Waals surface area contributed by atoms with Crippen molar-refractivity contribution < 1.29 is 9.90 Å². The maximum atomic E-state index is 12.1. The highest BCUT2D eigenvalue weighted by atomic mass is 127. The number of Topliss-reactive ketones (excluding diaryl/α,β-unsaturated/α-hetero) is 1. The lowest BCUT2D eigenvalue weighted by Crippen LogP contribution is -2.47. The zero-order chi connectivity index (χ0) is 13.2. The van der Waals surface area contributed by atoms with Gasteiger partial charge in [-0.1, -0.05) is 12.1 Å². The van der Waals surface area contributed by atoms with Gasteiger partial charge in [0.05, 0.1) is 12.1 Å². The maximum absolute atomic E-state index is 12.1. The van der Waals surface area contributed by atoms with Gasteiger partial charge in [0.2, 0.25) is 0 Å². The van der Waals surface area contributed by atoms with Crippen LogP contribution in [0.25, 0.3) is 0 Å². The van der Waals surface area contributed by atoms with Crippen molar-refractivity contribution in [1.82, 2.24) is 4.90 Å². The zero-order valence-corrected chi connectivity index (χ0v) is 12.7. The van der Waals surface area contributed by atoms with E-state index in [1.54, 1.807) is 0 Å². The Hall–Kier alpha value is -0.460. The molecule has 0 spiro atoms. The third-order valence-electron chi connectivity index (χ3n) is 3.29. The average molecular weight is 359 g/mol. The summed E-state index contributed by atoms with van der Waals surface area (Å²) in [5.41, 5.74) is 0.102. The molecule has 1 atom stereocenters. The van der Waals surface area contributed by atoms with Crippen LogP contribution in [0.2, 0.25) is 0 Å².